The first-order chi connectivity index (χ1) is 13.0. The first-order valence-corrected chi connectivity index (χ1v) is 9.07. The van der Waals surface area contributed by atoms with Crippen molar-refractivity contribution in [3.63, 3.8) is 0 Å². The van der Waals surface area contributed by atoms with E-state index in [1.165, 1.54) is 4.90 Å². The van der Waals surface area contributed by atoms with Crippen LogP contribution in [-0.2, 0) is 16.0 Å². The second-order valence-electron chi connectivity index (χ2n) is 5.98. The van der Waals surface area contributed by atoms with Crippen molar-refractivity contribution in [2.45, 2.75) is 6.42 Å². The molecular formula is C20H19BrN2O4. The van der Waals surface area contributed by atoms with Crippen LogP contribution >= 0.6 is 15.9 Å². The van der Waals surface area contributed by atoms with Crippen LogP contribution in [0.3, 0.4) is 0 Å². The average molecular weight is 431 g/mol. The lowest BCUT2D eigenvalue weighted by Gasteiger charge is -2.17. The highest BCUT2D eigenvalue weighted by Crippen LogP contribution is 2.32. The van der Waals surface area contributed by atoms with Crippen molar-refractivity contribution < 1.29 is 19.1 Å². The Morgan fingerprint density at radius 3 is 2.63 bits per heavy atom. The summed E-state index contributed by atoms with van der Waals surface area (Å²) >= 11 is 3.36. The van der Waals surface area contributed by atoms with Crippen LogP contribution in [0.4, 0.5) is 5.69 Å². The van der Waals surface area contributed by atoms with Crippen molar-refractivity contribution in [3.05, 3.63) is 58.2 Å². The van der Waals surface area contributed by atoms with Gasteiger partial charge in [0.15, 0.2) is 11.5 Å². The third-order valence-corrected chi connectivity index (χ3v) is 4.66. The topological polar surface area (TPSA) is 67.9 Å². The van der Waals surface area contributed by atoms with Crippen molar-refractivity contribution in [3.8, 4) is 11.5 Å². The molecule has 1 aliphatic rings. The van der Waals surface area contributed by atoms with Gasteiger partial charge in [-0.15, -0.1) is 0 Å². The SMILES string of the molecule is COc1cc2c(cc1OC)CC(=O)N(CC(=O)Nc1cccc(Br)c1)C=C2. The van der Waals surface area contributed by atoms with Gasteiger partial charge >= 0.3 is 0 Å². The molecule has 140 valence electrons. The van der Waals surface area contributed by atoms with Gasteiger partial charge in [-0.05, 0) is 47.5 Å². The summed E-state index contributed by atoms with van der Waals surface area (Å²) < 4.78 is 11.5. The minimum absolute atomic E-state index is 0.0654. The quantitative estimate of drug-likeness (QED) is 0.788. The lowest BCUT2D eigenvalue weighted by molar-refractivity contribution is -0.131. The van der Waals surface area contributed by atoms with E-state index in [0.29, 0.717) is 17.2 Å². The minimum Gasteiger partial charge on any atom is -0.493 e. The zero-order chi connectivity index (χ0) is 19.4. The lowest BCUT2D eigenvalue weighted by atomic mass is 10.0. The van der Waals surface area contributed by atoms with E-state index >= 15 is 0 Å². The summed E-state index contributed by atoms with van der Waals surface area (Å²) in [6.45, 7) is -0.0654. The van der Waals surface area contributed by atoms with E-state index in [1.54, 1.807) is 44.7 Å². The van der Waals surface area contributed by atoms with Gasteiger partial charge in [0.2, 0.25) is 11.8 Å². The van der Waals surface area contributed by atoms with Crippen molar-refractivity contribution >= 4 is 39.5 Å². The number of nitrogens with one attached hydrogen (secondary N) is 1. The summed E-state index contributed by atoms with van der Waals surface area (Å²) in [5.74, 6) is 0.723. The number of rotatable bonds is 5. The zero-order valence-electron chi connectivity index (χ0n) is 15.0. The zero-order valence-corrected chi connectivity index (χ0v) is 16.6. The van der Waals surface area contributed by atoms with E-state index < -0.39 is 0 Å². The number of amides is 2. The molecule has 0 saturated heterocycles. The number of benzene rings is 2. The van der Waals surface area contributed by atoms with Crippen LogP contribution in [0.15, 0.2) is 47.1 Å². The average Bonchev–Trinajstić information content (AvgIpc) is 2.79. The monoisotopic (exact) mass is 430 g/mol. The van der Waals surface area contributed by atoms with Gasteiger partial charge in [-0.25, -0.2) is 0 Å². The van der Waals surface area contributed by atoms with E-state index in [2.05, 4.69) is 21.2 Å². The molecule has 1 aliphatic heterocycles. The van der Waals surface area contributed by atoms with E-state index in [1.807, 2.05) is 18.2 Å². The molecule has 6 nitrogen and oxygen atoms in total. The van der Waals surface area contributed by atoms with Gasteiger partial charge in [-0.3, -0.25) is 9.59 Å². The first-order valence-electron chi connectivity index (χ1n) is 8.28. The number of ether oxygens (including phenoxy) is 2. The molecule has 1 heterocycles. The third kappa shape index (κ3) is 4.49. The van der Waals surface area contributed by atoms with Crippen LogP contribution in [0.5, 0.6) is 11.5 Å². The van der Waals surface area contributed by atoms with E-state index in [-0.39, 0.29) is 24.8 Å². The summed E-state index contributed by atoms with van der Waals surface area (Å²) in [5.41, 5.74) is 2.35. The smallest absolute Gasteiger partial charge is 0.244 e. The molecule has 1 N–H and O–H groups in total. The maximum Gasteiger partial charge on any atom is 0.244 e. The minimum atomic E-state index is -0.271. The Balaban J connectivity index is 1.74. The van der Waals surface area contributed by atoms with E-state index in [0.717, 1.165) is 15.6 Å². The van der Waals surface area contributed by atoms with Gasteiger partial charge < -0.3 is 19.7 Å². The van der Waals surface area contributed by atoms with Crippen LogP contribution in [0.1, 0.15) is 11.1 Å². The van der Waals surface area contributed by atoms with Crippen LogP contribution in [0.25, 0.3) is 6.08 Å². The standard InChI is InChI=1S/C20H19BrN2O4/c1-26-17-8-13-6-7-23(20(25)10-14(13)9-18(17)27-2)12-19(24)22-16-5-3-4-15(21)11-16/h3-9,11H,10,12H2,1-2H3,(H,22,24). The van der Waals surface area contributed by atoms with Crippen LogP contribution in [0.2, 0.25) is 0 Å². The number of carbonyl (C=O) groups excluding carboxylic acids is 2. The van der Waals surface area contributed by atoms with Gasteiger partial charge in [-0.2, -0.15) is 0 Å². The molecular weight excluding hydrogens is 412 g/mol. The maximum absolute atomic E-state index is 12.6. The molecule has 0 aromatic heterocycles. The second kappa shape index (κ2) is 8.26. The van der Waals surface area contributed by atoms with Gasteiger partial charge in [0.1, 0.15) is 6.54 Å². The molecule has 0 unspecified atom stereocenters. The number of halogens is 1. The number of methoxy groups -OCH3 is 2. The molecule has 2 aromatic rings. The largest absolute Gasteiger partial charge is 0.493 e. The fourth-order valence-corrected chi connectivity index (χ4v) is 3.22. The molecule has 0 atom stereocenters. The molecule has 2 amide bonds. The molecule has 7 heteroatoms. The second-order valence-corrected chi connectivity index (χ2v) is 6.89. The molecule has 27 heavy (non-hydrogen) atoms. The van der Waals surface area contributed by atoms with Gasteiger partial charge in [0.05, 0.1) is 20.6 Å². The summed E-state index contributed by atoms with van der Waals surface area (Å²) in [6.07, 6.45) is 3.60. The Morgan fingerprint density at radius 1 is 1.19 bits per heavy atom. The molecule has 0 radical (unpaired) electrons. The summed E-state index contributed by atoms with van der Waals surface area (Å²) in [7, 11) is 3.12. The normalized spacial score (nSPS) is 13.0. The number of nitrogens with zero attached hydrogens (tertiary/aromatic N) is 1. The number of anilines is 1. The molecule has 0 fully saturated rings. The number of hydrogen-bond donors (Lipinski definition) is 1. The molecule has 3 rings (SSSR count). The molecule has 2 aromatic carbocycles. The van der Waals surface area contributed by atoms with Gasteiger partial charge in [0.25, 0.3) is 0 Å². The van der Waals surface area contributed by atoms with Crippen molar-refractivity contribution in [2.24, 2.45) is 0 Å². The lowest BCUT2D eigenvalue weighted by Crippen LogP contribution is -2.34. The van der Waals surface area contributed by atoms with E-state index in [9.17, 15) is 9.59 Å². The Morgan fingerprint density at radius 2 is 1.93 bits per heavy atom. The fraction of sp³-hybridized carbons (Fsp3) is 0.200. The van der Waals surface area contributed by atoms with E-state index in [4.69, 9.17) is 9.47 Å². The Bertz CT molecular complexity index is 911. The summed E-state index contributed by atoms with van der Waals surface area (Å²) in [5, 5.41) is 2.79. The van der Waals surface area contributed by atoms with Crippen LogP contribution in [-0.4, -0.2) is 37.5 Å². The van der Waals surface area contributed by atoms with Gasteiger partial charge in [-0.1, -0.05) is 22.0 Å². The highest BCUT2D eigenvalue weighted by atomic mass is 79.9. The Labute approximate surface area is 165 Å². The highest BCUT2D eigenvalue weighted by Gasteiger charge is 2.21. The number of hydrogen-bond acceptors (Lipinski definition) is 4. The Hall–Kier alpha value is -2.80. The molecule has 0 saturated carbocycles. The molecule has 0 spiro atoms. The predicted octanol–water partition coefficient (Wildman–Crippen LogP) is 3.46. The van der Waals surface area contributed by atoms with Crippen molar-refractivity contribution in [2.75, 3.05) is 26.1 Å². The van der Waals surface area contributed by atoms with Crippen LogP contribution < -0.4 is 14.8 Å². The summed E-state index contributed by atoms with van der Waals surface area (Å²) in [4.78, 5) is 26.3. The molecule has 0 bridgehead atoms. The first kappa shape index (κ1) is 19.0. The van der Waals surface area contributed by atoms with Crippen molar-refractivity contribution in [1.29, 1.82) is 0 Å². The third-order valence-electron chi connectivity index (χ3n) is 4.16. The molecule has 0 aliphatic carbocycles. The summed E-state index contributed by atoms with van der Waals surface area (Å²) in [6, 6.07) is 10.9. The fourth-order valence-electron chi connectivity index (χ4n) is 2.83. The van der Waals surface area contributed by atoms with Crippen molar-refractivity contribution in [1.82, 2.24) is 4.90 Å². The Kier molecular flexibility index (Phi) is 5.81. The number of carbonyl (C=O) groups is 2. The maximum atomic E-state index is 12.6. The highest BCUT2D eigenvalue weighted by molar-refractivity contribution is 9.10. The van der Waals surface area contributed by atoms with Crippen LogP contribution in [0, 0.1) is 0 Å². The van der Waals surface area contributed by atoms with Gasteiger partial charge in [0, 0.05) is 16.4 Å². The number of fused-ring (bicyclic) bond motifs is 1. The predicted molar refractivity (Wildman–Crippen MR) is 107 cm³/mol.